The third kappa shape index (κ3) is 3.84. The zero-order valence-electron chi connectivity index (χ0n) is 20.7. The maximum absolute atomic E-state index is 4.93. The molecule has 0 aliphatic rings. The molecule has 7 heterocycles. The van der Waals surface area contributed by atoms with Crippen molar-refractivity contribution >= 4 is 33.1 Å². The smallest absolute Gasteiger partial charge is 0.183 e. The first-order valence-corrected chi connectivity index (χ1v) is 12.2. The number of hydrogen-bond acceptors (Lipinski definition) is 14. The molecule has 0 atom stereocenters. The van der Waals surface area contributed by atoms with Crippen molar-refractivity contribution < 1.29 is 0 Å². The Kier molecular flexibility index (Phi) is 5.03. The van der Waals surface area contributed by atoms with Crippen molar-refractivity contribution in [1.29, 1.82) is 0 Å². The Morgan fingerprint density at radius 1 is 0.634 bits per heavy atom. The Labute approximate surface area is 228 Å². The summed E-state index contributed by atoms with van der Waals surface area (Å²) >= 11 is 0. The van der Waals surface area contributed by atoms with Crippen LogP contribution in [0, 0.1) is 0 Å². The first kappa shape index (κ1) is 22.6. The van der Waals surface area contributed by atoms with Crippen LogP contribution in [0.5, 0.6) is 0 Å². The van der Waals surface area contributed by atoms with Gasteiger partial charge in [-0.15, -0.1) is 20.4 Å². The molecular formula is C26H13N15. The molecule has 0 fully saturated rings. The molecule has 8 rings (SSSR count). The molecule has 8 aromatic rings. The van der Waals surface area contributed by atoms with E-state index in [2.05, 4.69) is 55.7 Å². The second kappa shape index (κ2) is 9.12. The third-order valence-electron chi connectivity index (χ3n) is 6.27. The third-order valence-corrected chi connectivity index (χ3v) is 6.27. The Morgan fingerprint density at radius 3 is 2.46 bits per heavy atom. The predicted molar refractivity (Wildman–Crippen MR) is 144 cm³/mol. The van der Waals surface area contributed by atoms with Crippen molar-refractivity contribution in [3.05, 3.63) is 73.6 Å². The van der Waals surface area contributed by atoms with Gasteiger partial charge in [0.15, 0.2) is 22.9 Å². The molecule has 0 unspecified atom stereocenters. The molecule has 7 aromatic heterocycles. The van der Waals surface area contributed by atoms with Crippen LogP contribution in [0.4, 0.5) is 0 Å². The summed E-state index contributed by atoms with van der Waals surface area (Å²) in [5.41, 5.74) is 4.46. The fourth-order valence-electron chi connectivity index (χ4n) is 4.42. The van der Waals surface area contributed by atoms with Crippen LogP contribution in [0.15, 0.2) is 73.6 Å². The van der Waals surface area contributed by atoms with Gasteiger partial charge in [0.05, 0.1) is 11.7 Å². The molecule has 0 aliphatic carbocycles. The van der Waals surface area contributed by atoms with Gasteiger partial charge in [0, 0.05) is 17.0 Å². The number of hydrogen-bond donors (Lipinski definition) is 1. The zero-order chi connectivity index (χ0) is 27.2. The topological polar surface area (TPSA) is 196 Å². The SMILES string of the molecule is c1ccc2nnc(-c3nc(-c4n[nH]c5ncccc45)c4nc(-c5ncncn5)c(-c5ccnnn5)nc4n3)cc2c1. The van der Waals surface area contributed by atoms with Crippen molar-refractivity contribution in [2.75, 3.05) is 0 Å². The number of nitrogens with one attached hydrogen (secondary N) is 1. The number of rotatable bonds is 4. The lowest BCUT2D eigenvalue weighted by Gasteiger charge is -2.11. The molecule has 0 amide bonds. The highest BCUT2D eigenvalue weighted by Gasteiger charge is 2.24. The number of fused-ring (bicyclic) bond motifs is 3. The summed E-state index contributed by atoms with van der Waals surface area (Å²) in [5.74, 6) is 0.576. The Bertz CT molecular complexity index is 2220. The summed E-state index contributed by atoms with van der Waals surface area (Å²) in [6.07, 6.45) is 5.94. The molecule has 192 valence electrons. The highest BCUT2D eigenvalue weighted by atomic mass is 15.3. The molecule has 41 heavy (non-hydrogen) atoms. The lowest BCUT2D eigenvalue weighted by molar-refractivity contribution is 0.867. The van der Waals surface area contributed by atoms with Crippen molar-refractivity contribution in [1.82, 2.24) is 75.7 Å². The molecule has 0 aliphatic heterocycles. The Morgan fingerprint density at radius 2 is 1.56 bits per heavy atom. The van der Waals surface area contributed by atoms with Gasteiger partial charge in [0.1, 0.15) is 52.3 Å². The van der Waals surface area contributed by atoms with Gasteiger partial charge in [0.25, 0.3) is 0 Å². The van der Waals surface area contributed by atoms with Gasteiger partial charge < -0.3 is 0 Å². The summed E-state index contributed by atoms with van der Waals surface area (Å²) in [6, 6.07) is 14.9. The van der Waals surface area contributed by atoms with Crippen molar-refractivity contribution in [2.24, 2.45) is 0 Å². The maximum Gasteiger partial charge on any atom is 0.183 e. The van der Waals surface area contributed by atoms with Crippen LogP contribution < -0.4 is 0 Å². The van der Waals surface area contributed by atoms with E-state index in [9.17, 15) is 0 Å². The lowest BCUT2D eigenvalue weighted by Crippen LogP contribution is -2.06. The largest absolute Gasteiger partial charge is 0.260 e. The number of benzene rings is 1. The molecule has 0 radical (unpaired) electrons. The zero-order valence-corrected chi connectivity index (χ0v) is 20.7. The van der Waals surface area contributed by atoms with E-state index in [0.29, 0.717) is 51.2 Å². The first-order valence-electron chi connectivity index (χ1n) is 12.2. The second-order valence-corrected chi connectivity index (χ2v) is 8.72. The van der Waals surface area contributed by atoms with Crippen LogP contribution in [-0.4, -0.2) is 75.7 Å². The van der Waals surface area contributed by atoms with Gasteiger partial charge in [-0.1, -0.05) is 18.2 Å². The van der Waals surface area contributed by atoms with E-state index in [1.807, 2.05) is 42.5 Å². The summed E-state index contributed by atoms with van der Waals surface area (Å²) in [6.45, 7) is 0. The molecule has 15 nitrogen and oxygen atoms in total. The summed E-state index contributed by atoms with van der Waals surface area (Å²) in [7, 11) is 0. The van der Waals surface area contributed by atoms with E-state index < -0.39 is 0 Å². The molecule has 1 N–H and O–H groups in total. The molecule has 15 heteroatoms. The minimum absolute atomic E-state index is 0.270. The van der Waals surface area contributed by atoms with Crippen molar-refractivity contribution in [2.45, 2.75) is 0 Å². The van der Waals surface area contributed by atoms with E-state index in [4.69, 9.17) is 19.9 Å². The lowest BCUT2D eigenvalue weighted by atomic mass is 10.1. The fourth-order valence-corrected chi connectivity index (χ4v) is 4.42. The maximum atomic E-state index is 4.93. The van der Waals surface area contributed by atoms with Crippen LogP contribution in [0.25, 0.3) is 78.9 Å². The number of nitrogens with zero attached hydrogens (tertiary/aromatic N) is 14. The molecular weight excluding hydrogens is 522 g/mol. The number of H-pyrrole nitrogens is 1. The second-order valence-electron chi connectivity index (χ2n) is 8.72. The Hall–Kier alpha value is -6.38. The van der Waals surface area contributed by atoms with Gasteiger partial charge >= 0.3 is 0 Å². The van der Waals surface area contributed by atoms with Gasteiger partial charge in [-0.3, -0.25) is 5.10 Å². The van der Waals surface area contributed by atoms with Crippen LogP contribution >= 0.6 is 0 Å². The number of aromatic amines is 1. The van der Waals surface area contributed by atoms with Gasteiger partial charge in [0.2, 0.25) is 0 Å². The monoisotopic (exact) mass is 535 g/mol. The van der Waals surface area contributed by atoms with Gasteiger partial charge in [-0.2, -0.15) is 5.10 Å². The highest BCUT2D eigenvalue weighted by Crippen LogP contribution is 2.34. The summed E-state index contributed by atoms with van der Waals surface area (Å²) in [4.78, 5) is 36.4. The highest BCUT2D eigenvalue weighted by molar-refractivity contribution is 5.99. The Balaban J connectivity index is 1.46. The average Bonchev–Trinajstić information content (AvgIpc) is 3.48. The normalized spacial score (nSPS) is 11.4. The molecule has 0 spiro atoms. The van der Waals surface area contributed by atoms with E-state index in [-0.39, 0.29) is 11.5 Å². The predicted octanol–water partition coefficient (Wildman–Crippen LogP) is 2.67. The van der Waals surface area contributed by atoms with Crippen LogP contribution in [0.1, 0.15) is 0 Å². The van der Waals surface area contributed by atoms with Crippen LogP contribution in [0.2, 0.25) is 0 Å². The summed E-state index contributed by atoms with van der Waals surface area (Å²) < 4.78 is 0. The molecule has 0 bridgehead atoms. The first-order chi connectivity index (χ1) is 20.3. The van der Waals surface area contributed by atoms with Crippen molar-refractivity contribution in [3.8, 4) is 45.8 Å². The van der Waals surface area contributed by atoms with Crippen LogP contribution in [-0.2, 0) is 0 Å². The minimum atomic E-state index is 0.270. The number of pyridine rings is 1. The van der Waals surface area contributed by atoms with E-state index in [0.717, 1.165) is 16.3 Å². The number of aromatic nitrogens is 15. The van der Waals surface area contributed by atoms with Crippen molar-refractivity contribution in [3.63, 3.8) is 0 Å². The molecule has 0 saturated heterocycles. The van der Waals surface area contributed by atoms with Crippen LogP contribution in [0.3, 0.4) is 0 Å². The van der Waals surface area contributed by atoms with Gasteiger partial charge in [-0.05, 0) is 35.5 Å². The fraction of sp³-hybridized carbons (Fsp3) is 0. The average molecular weight is 535 g/mol. The van der Waals surface area contributed by atoms with E-state index in [1.165, 1.54) is 18.9 Å². The molecule has 1 aromatic carbocycles. The summed E-state index contributed by atoms with van der Waals surface area (Å²) in [5, 5.41) is 29.6. The standard InChI is InChI=1S/C26H13N15/c1-2-6-15-13(4-1)10-17(37-36-15)24-34-20(18-14-5-3-8-28-23(14)40-39-18)22-26(35-24)33-19(16-7-9-31-41-38-16)21(32-22)25-29-11-27-12-30-25/h1-12H,(H,28,39,40). The molecule has 0 saturated carbocycles. The quantitative estimate of drug-likeness (QED) is 0.345. The van der Waals surface area contributed by atoms with E-state index in [1.54, 1.807) is 12.3 Å². The van der Waals surface area contributed by atoms with E-state index >= 15 is 0 Å². The minimum Gasteiger partial charge on any atom is -0.260 e. The van der Waals surface area contributed by atoms with Gasteiger partial charge in [-0.25, -0.2) is 39.9 Å².